The molecule has 2 N–H and O–H groups in total. The van der Waals surface area contributed by atoms with Crippen molar-refractivity contribution in [2.45, 2.75) is 45.3 Å². The average Bonchev–Trinajstić information content (AvgIpc) is 3.20. The van der Waals surface area contributed by atoms with E-state index in [2.05, 4.69) is 10.6 Å². The first-order valence-corrected chi connectivity index (χ1v) is 9.17. The zero-order chi connectivity index (χ0) is 18.1. The van der Waals surface area contributed by atoms with E-state index in [0.717, 1.165) is 53.9 Å². The second kappa shape index (κ2) is 6.56. The Kier molecular flexibility index (Phi) is 4.23. The Labute approximate surface area is 153 Å². The van der Waals surface area contributed by atoms with E-state index in [9.17, 15) is 4.79 Å². The molecule has 1 heterocycles. The molecule has 0 bridgehead atoms. The van der Waals surface area contributed by atoms with Gasteiger partial charge in [0, 0.05) is 30.3 Å². The number of rotatable bonds is 4. The topological polar surface area (TPSA) is 59.6 Å². The summed E-state index contributed by atoms with van der Waals surface area (Å²) >= 11 is 0. The van der Waals surface area contributed by atoms with E-state index in [4.69, 9.17) is 9.47 Å². The molecule has 4 rings (SSSR count). The molecule has 5 heteroatoms. The van der Waals surface area contributed by atoms with Crippen LogP contribution in [0.3, 0.4) is 0 Å². The van der Waals surface area contributed by atoms with Crippen LogP contribution in [0, 0.1) is 13.8 Å². The molecule has 5 nitrogen and oxygen atoms in total. The summed E-state index contributed by atoms with van der Waals surface area (Å²) < 4.78 is 12.0. The van der Waals surface area contributed by atoms with E-state index in [1.165, 1.54) is 0 Å². The van der Waals surface area contributed by atoms with Crippen LogP contribution in [0.5, 0.6) is 11.5 Å². The lowest BCUT2D eigenvalue weighted by Gasteiger charge is -2.21. The van der Waals surface area contributed by atoms with E-state index in [1.807, 2.05) is 50.2 Å². The van der Waals surface area contributed by atoms with Crippen molar-refractivity contribution in [3.05, 3.63) is 47.5 Å². The van der Waals surface area contributed by atoms with Gasteiger partial charge in [0.2, 0.25) is 5.91 Å². The zero-order valence-electron chi connectivity index (χ0n) is 15.2. The third kappa shape index (κ3) is 3.21. The second-order valence-corrected chi connectivity index (χ2v) is 7.15. The van der Waals surface area contributed by atoms with Crippen LogP contribution >= 0.6 is 0 Å². The number of fused-ring (bicyclic) bond motifs is 1. The minimum atomic E-state index is -0.477. The largest absolute Gasteiger partial charge is 0.448 e. The Bertz CT molecular complexity index is 821. The second-order valence-electron chi connectivity index (χ2n) is 7.15. The highest BCUT2D eigenvalue weighted by Gasteiger charge is 2.44. The number of carbonyl (C=O) groups excluding carboxylic acids is 1. The van der Waals surface area contributed by atoms with Crippen LogP contribution in [0.4, 0.5) is 11.4 Å². The van der Waals surface area contributed by atoms with Gasteiger partial charge in [0.1, 0.15) is 0 Å². The maximum atomic E-state index is 12.3. The van der Waals surface area contributed by atoms with E-state index in [1.54, 1.807) is 0 Å². The lowest BCUT2D eigenvalue weighted by Crippen LogP contribution is -2.34. The predicted molar refractivity (Wildman–Crippen MR) is 102 cm³/mol. The molecule has 1 amide bonds. The van der Waals surface area contributed by atoms with Gasteiger partial charge in [-0.3, -0.25) is 4.79 Å². The molecule has 2 aliphatic rings. The molecule has 0 atom stereocenters. The quantitative estimate of drug-likeness (QED) is 0.856. The lowest BCUT2D eigenvalue weighted by molar-refractivity contribution is -0.114. The molecule has 0 aromatic heterocycles. The number of hydrogen-bond donors (Lipinski definition) is 2. The van der Waals surface area contributed by atoms with Crippen molar-refractivity contribution in [3.63, 3.8) is 0 Å². The number of nitrogens with one attached hydrogen (secondary N) is 2. The van der Waals surface area contributed by atoms with Gasteiger partial charge in [-0.1, -0.05) is 18.2 Å². The monoisotopic (exact) mass is 352 g/mol. The Morgan fingerprint density at radius 1 is 1.04 bits per heavy atom. The number of carbonyl (C=O) groups is 1. The number of ether oxygens (including phenoxy) is 2. The van der Waals surface area contributed by atoms with Gasteiger partial charge < -0.3 is 20.1 Å². The molecule has 136 valence electrons. The molecule has 1 aliphatic heterocycles. The first-order chi connectivity index (χ1) is 12.5. The van der Waals surface area contributed by atoms with Crippen molar-refractivity contribution in [3.8, 4) is 11.5 Å². The summed E-state index contributed by atoms with van der Waals surface area (Å²) in [6.45, 7) is 4.28. The fourth-order valence-corrected chi connectivity index (χ4v) is 3.76. The van der Waals surface area contributed by atoms with Gasteiger partial charge in [0.05, 0.1) is 6.54 Å². The van der Waals surface area contributed by atoms with Gasteiger partial charge in [0.25, 0.3) is 5.79 Å². The molecule has 26 heavy (non-hydrogen) atoms. The third-order valence-electron chi connectivity index (χ3n) is 5.09. The Morgan fingerprint density at radius 2 is 1.73 bits per heavy atom. The normalized spacial score (nSPS) is 16.7. The van der Waals surface area contributed by atoms with Crippen molar-refractivity contribution in [2.24, 2.45) is 0 Å². The van der Waals surface area contributed by atoms with Crippen molar-refractivity contribution >= 4 is 17.3 Å². The van der Waals surface area contributed by atoms with Crippen LogP contribution in [-0.4, -0.2) is 18.2 Å². The minimum Gasteiger partial charge on any atom is -0.448 e. The SMILES string of the molecule is Cc1cccc(C)c1NCC(=O)Nc1ccc2c(c1)OC1(CCCC1)O2. The van der Waals surface area contributed by atoms with Gasteiger partial charge in [-0.2, -0.15) is 0 Å². The maximum absolute atomic E-state index is 12.3. The average molecular weight is 352 g/mol. The van der Waals surface area contributed by atoms with Crippen LogP contribution in [-0.2, 0) is 4.79 Å². The number of hydrogen-bond acceptors (Lipinski definition) is 4. The number of anilines is 2. The lowest BCUT2D eigenvalue weighted by atomic mass is 10.1. The van der Waals surface area contributed by atoms with Crippen molar-refractivity contribution in [1.82, 2.24) is 0 Å². The summed E-state index contributed by atoms with van der Waals surface area (Å²) in [6, 6.07) is 11.6. The standard InChI is InChI=1S/C21H24N2O3/c1-14-6-5-7-15(2)20(14)22-13-19(24)23-16-8-9-17-18(12-16)26-21(25-17)10-3-4-11-21/h5-9,12,22H,3-4,10-11,13H2,1-2H3,(H,23,24). The first kappa shape index (κ1) is 16.8. The van der Waals surface area contributed by atoms with Crippen molar-refractivity contribution in [1.29, 1.82) is 0 Å². The van der Waals surface area contributed by atoms with Crippen molar-refractivity contribution < 1.29 is 14.3 Å². The Balaban J connectivity index is 1.38. The summed E-state index contributed by atoms with van der Waals surface area (Å²) in [7, 11) is 0. The van der Waals surface area contributed by atoms with Gasteiger partial charge in [-0.25, -0.2) is 0 Å². The number of aryl methyl sites for hydroxylation is 2. The smallest absolute Gasteiger partial charge is 0.251 e. The first-order valence-electron chi connectivity index (χ1n) is 9.17. The van der Waals surface area contributed by atoms with Crippen LogP contribution in [0.15, 0.2) is 36.4 Å². The third-order valence-corrected chi connectivity index (χ3v) is 5.09. The highest BCUT2D eigenvalue weighted by Crippen LogP contribution is 2.47. The van der Waals surface area contributed by atoms with E-state index >= 15 is 0 Å². The zero-order valence-corrected chi connectivity index (χ0v) is 15.2. The fraction of sp³-hybridized carbons (Fsp3) is 0.381. The van der Waals surface area contributed by atoms with E-state index in [0.29, 0.717) is 5.75 Å². The van der Waals surface area contributed by atoms with Gasteiger partial charge >= 0.3 is 0 Å². The summed E-state index contributed by atoms with van der Waals surface area (Å²) in [6.07, 6.45) is 4.09. The highest BCUT2D eigenvalue weighted by atomic mass is 16.7. The molecule has 0 unspecified atom stereocenters. The minimum absolute atomic E-state index is 0.0953. The molecule has 1 aliphatic carbocycles. The van der Waals surface area contributed by atoms with E-state index in [-0.39, 0.29) is 12.5 Å². The predicted octanol–water partition coefficient (Wildman–Crippen LogP) is 4.40. The summed E-state index contributed by atoms with van der Waals surface area (Å²) in [5, 5.41) is 6.15. The summed E-state index contributed by atoms with van der Waals surface area (Å²) in [5.74, 6) is 0.905. The number of para-hydroxylation sites is 1. The molecule has 2 aromatic rings. The van der Waals surface area contributed by atoms with Crippen LogP contribution in [0.1, 0.15) is 36.8 Å². The highest BCUT2D eigenvalue weighted by molar-refractivity contribution is 5.94. The molecular weight excluding hydrogens is 328 g/mol. The number of amides is 1. The fourth-order valence-electron chi connectivity index (χ4n) is 3.76. The van der Waals surface area contributed by atoms with Crippen LogP contribution in [0.2, 0.25) is 0 Å². The molecule has 0 saturated heterocycles. The van der Waals surface area contributed by atoms with Gasteiger partial charge in [0.15, 0.2) is 11.5 Å². The van der Waals surface area contributed by atoms with Gasteiger partial charge in [-0.15, -0.1) is 0 Å². The Hall–Kier alpha value is -2.69. The summed E-state index contributed by atoms with van der Waals surface area (Å²) in [5.41, 5.74) is 3.98. The van der Waals surface area contributed by atoms with Crippen LogP contribution in [0.25, 0.3) is 0 Å². The van der Waals surface area contributed by atoms with Gasteiger partial charge in [-0.05, 0) is 49.9 Å². The molecule has 1 saturated carbocycles. The molecule has 1 fully saturated rings. The molecule has 2 aromatic carbocycles. The summed E-state index contributed by atoms with van der Waals surface area (Å²) in [4.78, 5) is 12.3. The number of benzene rings is 2. The molecular formula is C21H24N2O3. The molecule has 0 radical (unpaired) electrons. The van der Waals surface area contributed by atoms with E-state index < -0.39 is 5.79 Å². The molecule has 1 spiro atoms. The Morgan fingerprint density at radius 3 is 2.46 bits per heavy atom. The maximum Gasteiger partial charge on any atom is 0.251 e. The van der Waals surface area contributed by atoms with Crippen molar-refractivity contribution in [2.75, 3.05) is 17.2 Å². The van der Waals surface area contributed by atoms with Crippen LogP contribution < -0.4 is 20.1 Å².